The van der Waals surface area contributed by atoms with E-state index in [2.05, 4.69) is 31.3 Å². The SMILES string of the molecule is COC1CCC2(CC1)CCN(C(=O)c1ccc3c(c1)C(C)(C)CN(C[C@@H](O)[C@@H]1Cc4ccccc4CN1)C3=O)CC2. The van der Waals surface area contributed by atoms with Crippen LogP contribution < -0.4 is 5.32 Å². The van der Waals surface area contributed by atoms with Gasteiger partial charge in [-0.15, -0.1) is 0 Å². The lowest BCUT2D eigenvalue weighted by Crippen LogP contribution is -2.54. The Hall–Kier alpha value is -2.74. The molecule has 0 bridgehead atoms. The second-order valence-electron chi connectivity index (χ2n) is 13.6. The molecule has 220 valence electrons. The lowest BCUT2D eigenvalue weighted by Gasteiger charge is -2.46. The topological polar surface area (TPSA) is 82.1 Å². The molecule has 2 aromatic rings. The molecular formula is C34H45N3O4. The van der Waals surface area contributed by atoms with Gasteiger partial charge in [0, 0.05) is 62.4 Å². The summed E-state index contributed by atoms with van der Waals surface area (Å²) >= 11 is 0. The average Bonchev–Trinajstić information content (AvgIpc) is 2.99. The van der Waals surface area contributed by atoms with Crippen LogP contribution in [0.15, 0.2) is 42.5 Å². The first-order valence-electron chi connectivity index (χ1n) is 15.4. The molecule has 3 heterocycles. The third kappa shape index (κ3) is 5.56. The quantitative estimate of drug-likeness (QED) is 0.571. The number of fused-ring (bicyclic) bond motifs is 2. The van der Waals surface area contributed by atoms with Gasteiger partial charge >= 0.3 is 0 Å². The molecule has 4 aliphatic rings. The molecule has 2 atom stereocenters. The monoisotopic (exact) mass is 559 g/mol. The normalized spacial score (nSPS) is 24.6. The fourth-order valence-corrected chi connectivity index (χ4v) is 7.79. The van der Waals surface area contributed by atoms with Gasteiger partial charge in [0.25, 0.3) is 11.8 Å². The number of likely N-dealkylation sites (tertiary alicyclic amines) is 1. The van der Waals surface area contributed by atoms with Crippen LogP contribution in [-0.4, -0.2) is 78.3 Å². The summed E-state index contributed by atoms with van der Waals surface area (Å²) in [6.07, 6.45) is 7.22. The molecule has 2 N–H and O–H groups in total. The number of nitrogens with one attached hydrogen (secondary N) is 1. The summed E-state index contributed by atoms with van der Waals surface area (Å²) in [5.41, 5.74) is 4.78. The molecule has 2 amide bonds. The highest BCUT2D eigenvalue weighted by molar-refractivity contribution is 6.00. The zero-order chi connectivity index (χ0) is 28.8. The second kappa shape index (κ2) is 11.2. The second-order valence-corrected chi connectivity index (χ2v) is 13.6. The zero-order valence-corrected chi connectivity index (χ0v) is 24.8. The maximum atomic E-state index is 13.6. The minimum absolute atomic E-state index is 0.0676. The minimum Gasteiger partial charge on any atom is -0.390 e. The number of carbonyl (C=O) groups excluding carboxylic acids is 2. The Morgan fingerprint density at radius 2 is 1.78 bits per heavy atom. The molecule has 2 fully saturated rings. The number of methoxy groups -OCH3 is 1. The van der Waals surface area contributed by atoms with Crippen LogP contribution in [0.4, 0.5) is 0 Å². The maximum absolute atomic E-state index is 13.6. The van der Waals surface area contributed by atoms with Gasteiger partial charge in [0.15, 0.2) is 0 Å². The van der Waals surface area contributed by atoms with Gasteiger partial charge < -0.3 is 25.0 Å². The van der Waals surface area contributed by atoms with Crippen LogP contribution in [0.2, 0.25) is 0 Å². The molecule has 0 aromatic heterocycles. The Labute approximate surface area is 244 Å². The first-order valence-corrected chi connectivity index (χ1v) is 15.4. The number of amides is 2. The number of benzene rings is 2. The lowest BCUT2D eigenvalue weighted by molar-refractivity contribution is -0.00130. The summed E-state index contributed by atoms with van der Waals surface area (Å²) in [7, 11) is 1.81. The van der Waals surface area contributed by atoms with E-state index in [9.17, 15) is 14.7 Å². The first kappa shape index (κ1) is 28.4. The van der Waals surface area contributed by atoms with Gasteiger partial charge in [-0.1, -0.05) is 38.1 Å². The van der Waals surface area contributed by atoms with Gasteiger partial charge in [-0.3, -0.25) is 9.59 Å². The molecule has 0 radical (unpaired) electrons. The van der Waals surface area contributed by atoms with Crippen LogP contribution >= 0.6 is 0 Å². The Morgan fingerprint density at radius 1 is 1.07 bits per heavy atom. The Morgan fingerprint density at radius 3 is 2.49 bits per heavy atom. The number of rotatable bonds is 5. The highest BCUT2D eigenvalue weighted by Gasteiger charge is 2.41. The van der Waals surface area contributed by atoms with E-state index in [1.54, 1.807) is 4.90 Å². The maximum Gasteiger partial charge on any atom is 0.254 e. The van der Waals surface area contributed by atoms with Crippen molar-refractivity contribution in [3.8, 4) is 0 Å². The summed E-state index contributed by atoms with van der Waals surface area (Å²) in [5.74, 6) is -0.00172. The lowest BCUT2D eigenvalue weighted by atomic mass is 9.67. The number of ether oxygens (including phenoxy) is 1. The summed E-state index contributed by atoms with van der Waals surface area (Å²) in [5, 5.41) is 14.6. The molecule has 6 rings (SSSR count). The van der Waals surface area contributed by atoms with Crippen molar-refractivity contribution in [3.63, 3.8) is 0 Å². The molecule has 2 aromatic carbocycles. The van der Waals surface area contributed by atoms with Crippen LogP contribution in [0.25, 0.3) is 0 Å². The van der Waals surface area contributed by atoms with Crippen LogP contribution in [0.5, 0.6) is 0 Å². The predicted octanol–water partition coefficient (Wildman–Crippen LogP) is 4.31. The highest BCUT2D eigenvalue weighted by Crippen LogP contribution is 2.45. The number of aliphatic hydroxyl groups excluding tert-OH is 1. The largest absolute Gasteiger partial charge is 0.390 e. The third-order valence-corrected chi connectivity index (χ3v) is 10.5. The van der Waals surface area contributed by atoms with E-state index < -0.39 is 6.10 Å². The fraction of sp³-hybridized carbons (Fsp3) is 0.588. The van der Waals surface area contributed by atoms with Crippen molar-refractivity contribution in [2.45, 2.75) is 89.0 Å². The van der Waals surface area contributed by atoms with Gasteiger partial charge in [-0.05, 0) is 85.3 Å². The number of nitrogens with zero attached hydrogens (tertiary/aromatic N) is 2. The molecule has 1 saturated heterocycles. The van der Waals surface area contributed by atoms with Gasteiger partial charge in [-0.2, -0.15) is 0 Å². The average molecular weight is 560 g/mol. The molecule has 7 nitrogen and oxygen atoms in total. The van der Waals surface area contributed by atoms with E-state index in [-0.39, 0.29) is 29.8 Å². The number of aliphatic hydroxyl groups is 1. The van der Waals surface area contributed by atoms with Gasteiger partial charge in [0.05, 0.1) is 12.2 Å². The molecule has 41 heavy (non-hydrogen) atoms. The van der Waals surface area contributed by atoms with Crippen molar-refractivity contribution < 1.29 is 19.4 Å². The number of carbonyl (C=O) groups is 2. The molecule has 1 aliphatic carbocycles. The van der Waals surface area contributed by atoms with E-state index in [1.807, 2.05) is 42.3 Å². The number of piperidine rings is 1. The van der Waals surface area contributed by atoms with E-state index >= 15 is 0 Å². The van der Waals surface area contributed by atoms with Crippen LogP contribution in [0.1, 0.15) is 89.8 Å². The molecule has 7 heteroatoms. The Bertz CT molecular complexity index is 1290. The number of β-amino-alcohol motifs (C(OH)–C–C–N with tert-alkyl or cyclic N) is 1. The standard InChI is InChI=1S/C34H45N3O4/c1-33(2)22-37(21-30(38)29-19-23-6-4-5-7-25(23)20-35-29)32(40)27-9-8-24(18-28(27)33)31(39)36-16-14-34(15-17-36)12-10-26(41-3)11-13-34/h4-9,18,26,29-30,35,38H,10-17,19-22H2,1-3H3/t29-,30+/m0/s1. The highest BCUT2D eigenvalue weighted by atomic mass is 16.5. The van der Waals surface area contributed by atoms with E-state index in [0.29, 0.717) is 29.2 Å². The van der Waals surface area contributed by atoms with Crippen molar-refractivity contribution in [2.75, 3.05) is 33.3 Å². The van der Waals surface area contributed by atoms with Crippen LogP contribution in [-0.2, 0) is 23.1 Å². The zero-order valence-electron chi connectivity index (χ0n) is 24.8. The Kier molecular flexibility index (Phi) is 7.72. The Balaban J connectivity index is 1.11. The molecule has 1 saturated carbocycles. The number of hydrogen-bond acceptors (Lipinski definition) is 5. The first-order chi connectivity index (χ1) is 19.7. The van der Waals surface area contributed by atoms with Crippen LogP contribution in [0, 0.1) is 5.41 Å². The minimum atomic E-state index is -0.669. The number of hydrogen-bond donors (Lipinski definition) is 2. The summed E-state index contributed by atoms with van der Waals surface area (Å²) in [4.78, 5) is 31.0. The van der Waals surface area contributed by atoms with Gasteiger partial charge in [0.1, 0.15) is 0 Å². The molecule has 0 unspecified atom stereocenters. The molecule has 3 aliphatic heterocycles. The van der Waals surface area contributed by atoms with E-state index in [4.69, 9.17) is 4.74 Å². The summed E-state index contributed by atoms with van der Waals surface area (Å²) in [6, 6.07) is 13.8. The van der Waals surface area contributed by atoms with E-state index in [0.717, 1.165) is 57.3 Å². The summed E-state index contributed by atoms with van der Waals surface area (Å²) in [6.45, 7) is 7.35. The molecule has 1 spiro atoms. The third-order valence-electron chi connectivity index (χ3n) is 10.5. The van der Waals surface area contributed by atoms with Gasteiger partial charge in [-0.25, -0.2) is 0 Å². The van der Waals surface area contributed by atoms with Crippen molar-refractivity contribution in [1.29, 1.82) is 0 Å². The smallest absolute Gasteiger partial charge is 0.254 e. The van der Waals surface area contributed by atoms with Crippen molar-refractivity contribution in [2.24, 2.45) is 5.41 Å². The van der Waals surface area contributed by atoms with E-state index in [1.165, 1.54) is 24.0 Å². The fourth-order valence-electron chi connectivity index (χ4n) is 7.79. The van der Waals surface area contributed by atoms with Crippen molar-refractivity contribution in [1.82, 2.24) is 15.1 Å². The van der Waals surface area contributed by atoms with Crippen LogP contribution in [0.3, 0.4) is 0 Å². The summed E-state index contributed by atoms with van der Waals surface area (Å²) < 4.78 is 5.57. The predicted molar refractivity (Wildman–Crippen MR) is 159 cm³/mol. The van der Waals surface area contributed by atoms with Crippen molar-refractivity contribution >= 4 is 11.8 Å². The van der Waals surface area contributed by atoms with Gasteiger partial charge in [0.2, 0.25) is 0 Å². The van der Waals surface area contributed by atoms with Crippen molar-refractivity contribution in [3.05, 3.63) is 70.3 Å². The molecular weight excluding hydrogens is 514 g/mol.